The van der Waals surface area contributed by atoms with Crippen molar-refractivity contribution in [3.8, 4) is 16.9 Å². The highest BCUT2D eigenvalue weighted by Crippen LogP contribution is 2.39. The molecule has 0 radical (unpaired) electrons. The summed E-state index contributed by atoms with van der Waals surface area (Å²) in [6.07, 6.45) is -0.412. The van der Waals surface area contributed by atoms with Crippen LogP contribution in [0.5, 0.6) is 5.75 Å². The first kappa shape index (κ1) is 32.6. The number of carbonyl (C=O) groups excluding carboxylic acids is 1. The van der Waals surface area contributed by atoms with Gasteiger partial charge in [0.15, 0.2) is 0 Å². The number of alkyl halides is 3. The molecule has 0 saturated heterocycles. The number of para-hydroxylation sites is 1. The first-order valence-corrected chi connectivity index (χ1v) is 15.9. The molecule has 1 heterocycles. The molecule has 5 rings (SSSR count). The van der Waals surface area contributed by atoms with Crippen LogP contribution in [0.1, 0.15) is 39.0 Å². The number of ether oxygens (including phenoxy) is 1. The van der Waals surface area contributed by atoms with Crippen molar-refractivity contribution in [2.75, 3.05) is 12.0 Å². The van der Waals surface area contributed by atoms with Crippen LogP contribution in [0, 0.1) is 0 Å². The third-order valence-corrected chi connectivity index (χ3v) is 8.09. The Morgan fingerprint density at radius 3 is 2.41 bits per heavy atom. The molecule has 1 unspecified atom stereocenters. The number of amides is 1. The van der Waals surface area contributed by atoms with Gasteiger partial charge >= 0.3 is 12.1 Å². The molecule has 46 heavy (non-hydrogen) atoms. The van der Waals surface area contributed by atoms with Gasteiger partial charge < -0.3 is 15.2 Å². The number of hydrogen-bond acceptors (Lipinski definition) is 5. The minimum Gasteiger partial charge on any atom is -0.489 e. The number of carboxylic acid groups (broad SMARTS) is 1. The topological polar surface area (TPSA) is 88.5 Å². The number of aromatic nitrogens is 1. The van der Waals surface area contributed by atoms with Gasteiger partial charge in [-0.25, -0.2) is 4.79 Å². The van der Waals surface area contributed by atoms with Crippen LogP contribution < -0.4 is 10.1 Å². The van der Waals surface area contributed by atoms with Crippen LogP contribution in [0.3, 0.4) is 0 Å². The number of thioether (sulfide) groups is 1. The van der Waals surface area contributed by atoms with Crippen LogP contribution in [0.4, 0.5) is 13.2 Å². The number of nitrogens with zero attached hydrogens (tertiary/aromatic N) is 1. The Bertz CT molecular complexity index is 1850. The van der Waals surface area contributed by atoms with Crippen LogP contribution >= 0.6 is 11.8 Å². The molecule has 1 amide bonds. The van der Waals surface area contributed by atoms with Gasteiger partial charge in [0, 0.05) is 17.1 Å². The normalized spacial score (nSPS) is 12.1. The van der Waals surface area contributed by atoms with Crippen LogP contribution in [0.25, 0.3) is 22.0 Å². The van der Waals surface area contributed by atoms with Gasteiger partial charge in [0.25, 0.3) is 5.91 Å². The van der Waals surface area contributed by atoms with Crippen molar-refractivity contribution in [2.45, 2.75) is 31.7 Å². The lowest BCUT2D eigenvalue weighted by molar-refractivity contribution is -0.139. The number of aliphatic carboxylic acids is 1. The predicted molar refractivity (Wildman–Crippen MR) is 174 cm³/mol. The molecule has 1 aromatic heterocycles. The van der Waals surface area contributed by atoms with E-state index in [4.69, 9.17) is 4.74 Å². The smallest absolute Gasteiger partial charge is 0.418 e. The van der Waals surface area contributed by atoms with Gasteiger partial charge in [-0.1, -0.05) is 66.7 Å². The summed E-state index contributed by atoms with van der Waals surface area (Å²) in [5.41, 5.74) is 3.14. The van der Waals surface area contributed by atoms with Gasteiger partial charge in [-0.3, -0.25) is 9.78 Å². The zero-order valence-electron chi connectivity index (χ0n) is 24.9. The van der Waals surface area contributed by atoms with Crippen LogP contribution in [-0.2, 0) is 24.0 Å². The van der Waals surface area contributed by atoms with Crippen molar-refractivity contribution in [2.24, 2.45) is 0 Å². The lowest BCUT2D eigenvalue weighted by Gasteiger charge is -2.17. The number of rotatable bonds is 12. The average Bonchev–Trinajstić information content (AvgIpc) is 3.05. The summed E-state index contributed by atoms with van der Waals surface area (Å²) in [6, 6.07) is 26.6. The van der Waals surface area contributed by atoms with Crippen molar-refractivity contribution < 1.29 is 32.6 Å². The second kappa shape index (κ2) is 14.5. The maximum absolute atomic E-state index is 13.9. The second-order valence-corrected chi connectivity index (χ2v) is 11.7. The average molecular weight is 645 g/mol. The molecule has 236 valence electrons. The largest absolute Gasteiger partial charge is 0.489 e. The van der Waals surface area contributed by atoms with E-state index in [0.29, 0.717) is 52.0 Å². The molecule has 0 aliphatic carbocycles. The summed E-state index contributed by atoms with van der Waals surface area (Å²) in [5.74, 6) is -0.508. The minimum atomic E-state index is -4.57. The van der Waals surface area contributed by atoms with Gasteiger partial charge in [0.1, 0.15) is 18.4 Å². The Morgan fingerprint density at radius 2 is 1.67 bits per heavy atom. The summed E-state index contributed by atoms with van der Waals surface area (Å²) < 4.78 is 47.9. The van der Waals surface area contributed by atoms with Gasteiger partial charge in [0.2, 0.25) is 0 Å². The molecule has 0 saturated carbocycles. The maximum Gasteiger partial charge on any atom is 0.418 e. The highest BCUT2D eigenvalue weighted by molar-refractivity contribution is 7.98. The van der Waals surface area contributed by atoms with Gasteiger partial charge in [-0.05, 0) is 83.0 Å². The first-order valence-electron chi connectivity index (χ1n) is 14.5. The molecule has 2 N–H and O–H groups in total. The Morgan fingerprint density at radius 1 is 0.935 bits per heavy atom. The molecular weight excluding hydrogens is 613 g/mol. The summed E-state index contributed by atoms with van der Waals surface area (Å²) in [4.78, 5) is 28.7. The lowest BCUT2D eigenvalue weighted by atomic mass is 9.92. The fourth-order valence-electron chi connectivity index (χ4n) is 5.23. The van der Waals surface area contributed by atoms with Gasteiger partial charge in [-0.15, -0.1) is 0 Å². The number of pyridine rings is 1. The molecule has 0 fully saturated rings. The van der Waals surface area contributed by atoms with E-state index in [-0.39, 0.29) is 12.1 Å². The third-order valence-electron chi connectivity index (χ3n) is 7.45. The number of halogens is 3. The molecule has 1 atom stereocenters. The molecule has 4 aromatic carbocycles. The standard InChI is InChI=1S/C36H31F3N2O4S/c1-46-17-16-31(35(43)44)41-34(42)26-12-5-10-24(19-26)22-45-28-13-6-11-25(20-28)32-27(18-23-8-3-2-4-9-23)21-40-33-29(32)14-7-15-30(33)36(37,38)39/h2-15,19-21,31H,16-18,22H2,1H3,(H,41,42)(H,43,44). The van der Waals surface area contributed by atoms with Gasteiger partial charge in [-0.2, -0.15) is 24.9 Å². The molecule has 0 aliphatic rings. The van der Waals surface area contributed by atoms with E-state index < -0.39 is 29.7 Å². The number of benzene rings is 4. The Labute approximate surface area is 268 Å². The summed E-state index contributed by atoms with van der Waals surface area (Å²) in [7, 11) is 0. The van der Waals surface area contributed by atoms with Crippen LogP contribution in [0.15, 0.2) is 103 Å². The number of carbonyl (C=O) groups is 2. The highest BCUT2D eigenvalue weighted by Gasteiger charge is 2.33. The Hall–Kier alpha value is -4.83. The Balaban J connectivity index is 1.43. The number of nitrogens with one attached hydrogen (secondary N) is 1. The van der Waals surface area contributed by atoms with Crippen LogP contribution in [0.2, 0.25) is 0 Å². The number of fused-ring (bicyclic) bond motifs is 1. The molecular formula is C36H31F3N2O4S. The molecule has 6 nitrogen and oxygen atoms in total. The zero-order valence-corrected chi connectivity index (χ0v) is 25.7. The molecule has 0 aliphatic heterocycles. The zero-order chi connectivity index (χ0) is 32.7. The number of hydrogen-bond donors (Lipinski definition) is 2. The number of carboxylic acids is 1. The van der Waals surface area contributed by atoms with E-state index in [9.17, 15) is 27.9 Å². The SMILES string of the molecule is CSCCC(NC(=O)c1cccc(COc2cccc(-c3c(Cc4ccccc4)cnc4c(C(F)(F)F)cccc34)c2)c1)C(=O)O. The summed E-state index contributed by atoms with van der Waals surface area (Å²) in [5, 5.41) is 12.4. The summed E-state index contributed by atoms with van der Waals surface area (Å²) in [6.45, 7) is 0.103. The maximum atomic E-state index is 13.9. The van der Waals surface area contributed by atoms with Gasteiger partial charge in [0.05, 0.1) is 11.1 Å². The first-order chi connectivity index (χ1) is 22.1. The van der Waals surface area contributed by atoms with Crippen LogP contribution in [-0.4, -0.2) is 40.0 Å². The fourth-order valence-corrected chi connectivity index (χ4v) is 5.70. The van der Waals surface area contributed by atoms with Crippen molar-refractivity contribution in [1.82, 2.24) is 10.3 Å². The van der Waals surface area contributed by atoms with E-state index in [1.165, 1.54) is 24.0 Å². The molecule has 5 aromatic rings. The Kier molecular flexibility index (Phi) is 10.3. The monoisotopic (exact) mass is 644 g/mol. The predicted octanol–water partition coefficient (Wildman–Crippen LogP) is 8.03. The van der Waals surface area contributed by atoms with Crippen molar-refractivity contribution in [3.05, 3.63) is 131 Å². The molecule has 0 bridgehead atoms. The third kappa shape index (κ3) is 7.87. The molecule has 0 spiro atoms. The quantitative estimate of drug-likeness (QED) is 0.143. The van der Waals surface area contributed by atoms with E-state index in [0.717, 1.165) is 17.2 Å². The van der Waals surface area contributed by atoms with Crippen molar-refractivity contribution >= 4 is 34.5 Å². The van der Waals surface area contributed by atoms with E-state index >= 15 is 0 Å². The van der Waals surface area contributed by atoms with Crippen molar-refractivity contribution in [1.29, 1.82) is 0 Å². The minimum absolute atomic E-state index is 0.103. The lowest BCUT2D eigenvalue weighted by Crippen LogP contribution is -2.41. The fraction of sp³-hybridized carbons (Fsp3) is 0.194. The second-order valence-electron chi connectivity index (χ2n) is 10.7. The van der Waals surface area contributed by atoms with E-state index in [1.807, 2.05) is 42.7 Å². The highest BCUT2D eigenvalue weighted by atomic mass is 32.2. The molecule has 10 heteroatoms. The van der Waals surface area contributed by atoms with E-state index in [1.54, 1.807) is 48.5 Å². The van der Waals surface area contributed by atoms with Crippen molar-refractivity contribution in [3.63, 3.8) is 0 Å². The summed E-state index contributed by atoms with van der Waals surface area (Å²) >= 11 is 1.50. The van der Waals surface area contributed by atoms with E-state index in [2.05, 4.69) is 10.3 Å².